The number of rotatable bonds is 8. The van der Waals surface area contributed by atoms with Gasteiger partial charge in [0.1, 0.15) is 6.04 Å². The van der Waals surface area contributed by atoms with Gasteiger partial charge in [-0.2, -0.15) is 0 Å². The van der Waals surface area contributed by atoms with Gasteiger partial charge in [0.05, 0.1) is 27.9 Å². The number of piperidine rings is 1. The van der Waals surface area contributed by atoms with Crippen LogP contribution in [-0.4, -0.2) is 58.4 Å². The monoisotopic (exact) mass is 351 g/mol. The number of hydrogen-bond donors (Lipinski definition) is 0. The van der Waals surface area contributed by atoms with E-state index < -0.39 is 0 Å². The van der Waals surface area contributed by atoms with Gasteiger partial charge in [-0.05, 0) is 57.0 Å². The lowest BCUT2D eigenvalue weighted by Crippen LogP contribution is -2.43. The normalized spacial score (nSPS) is 17.8. The van der Waals surface area contributed by atoms with Gasteiger partial charge in [-0.25, -0.2) is 0 Å². The van der Waals surface area contributed by atoms with Crippen LogP contribution in [0.5, 0.6) is 17.2 Å². The van der Waals surface area contributed by atoms with Crippen molar-refractivity contribution >= 4 is 5.97 Å². The van der Waals surface area contributed by atoms with E-state index in [-0.39, 0.29) is 12.0 Å². The molecular formula is C19H29NO5. The molecule has 1 fully saturated rings. The molecule has 1 atom stereocenters. The van der Waals surface area contributed by atoms with E-state index >= 15 is 0 Å². The Morgan fingerprint density at radius 3 is 2.36 bits per heavy atom. The lowest BCUT2D eigenvalue weighted by Gasteiger charge is -2.30. The second kappa shape index (κ2) is 9.51. The lowest BCUT2D eigenvalue weighted by atomic mass is 10.0. The van der Waals surface area contributed by atoms with E-state index in [9.17, 15) is 4.79 Å². The summed E-state index contributed by atoms with van der Waals surface area (Å²) < 4.78 is 21.5. The predicted octanol–water partition coefficient (Wildman–Crippen LogP) is 2.67. The number of likely N-dealkylation sites (tertiary alicyclic amines) is 1. The highest BCUT2D eigenvalue weighted by atomic mass is 16.5. The lowest BCUT2D eigenvalue weighted by molar-refractivity contribution is -0.150. The second-order valence-electron chi connectivity index (χ2n) is 6.30. The van der Waals surface area contributed by atoms with Crippen LogP contribution in [0.1, 0.15) is 31.2 Å². The number of carbonyl (C=O) groups is 1. The van der Waals surface area contributed by atoms with Crippen molar-refractivity contribution in [2.45, 2.75) is 38.1 Å². The zero-order valence-electron chi connectivity index (χ0n) is 15.7. The summed E-state index contributed by atoms with van der Waals surface area (Å²) in [6.45, 7) is 1.38. The van der Waals surface area contributed by atoms with Gasteiger partial charge in [-0.1, -0.05) is 6.42 Å². The molecule has 0 radical (unpaired) electrons. The Hall–Kier alpha value is -1.95. The Morgan fingerprint density at radius 2 is 1.80 bits per heavy atom. The SMILES string of the molecule is COc1cc(CCCOC(=O)C2CCCCN2C)cc(OC)c1OC. The van der Waals surface area contributed by atoms with Gasteiger partial charge in [0, 0.05) is 0 Å². The van der Waals surface area contributed by atoms with Gasteiger partial charge in [0.2, 0.25) is 5.75 Å². The first-order chi connectivity index (χ1) is 12.1. The van der Waals surface area contributed by atoms with Gasteiger partial charge in [0.25, 0.3) is 0 Å². The molecular weight excluding hydrogens is 322 g/mol. The zero-order valence-corrected chi connectivity index (χ0v) is 15.7. The average molecular weight is 351 g/mol. The molecule has 0 amide bonds. The molecule has 1 heterocycles. The number of nitrogens with zero attached hydrogens (tertiary/aromatic N) is 1. The van der Waals surface area contributed by atoms with Crippen LogP contribution >= 0.6 is 0 Å². The fourth-order valence-electron chi connectivity index (χ4n) is 3.20. The summed E-state index contributed by atoms with van der Waals surface area (Å²) in [5, 5.41) is 0. The van der Waals surface area contributed by atoms with E-state index in [0.29, 0.717) is 23.9 Å². The summed E-state index contributed by atoms with van der Waals surface area (Å²) in [6, 6.07) is 3.77. The topological polar surface area (TPSA) is 57.2 Å². The Morgan fingerprint density at radius 1 is 1.12 bits per heavy atom. The summed E-state index contributed by atoms with van der Waals surface area (Å²) in [5.41, 5.74) is 1.06. The highest BCUT2D eigenvalue weighted by molar-refractivity contribution is 5.75. The molecule has 1 aromatic carbocycles. The van der Waals surface area contributed by atoms with E-state index in [2.05, 4.69) is 4.90 Å². The molecule has 140 valence electrons. The van der Waals surface area contributed by atoms with Crippen molar-refractivity contribution in [1.82, 2.24) is 4.90 Å². The van der Waals surface area contributed by atoms with Crippen LogP contribution in [-0.2, 0) is 16.0 Å². The first-order valence-corrected chi connectivity index (χ1v) is 8.76. The van der Waals surface area contributed by atoms with Crippen molar-refractivity contribution in [3.8, 4) is 17.2 Å². The van der Waals surface area contributed by atoms with Crippen molar-refractivity contribution < 1.29 is 23.7 Å². The summed E-state index contributed by atoms with van der Waals surface area (Å²) in [6.07, 6.45) is 4.66. The summed E-state index contributed by atoms with van der Waals surface area (Å²) >= 11 is 0. The average Bonchev–Trinajstić information content (AvgIpc) is 2.64. The van der Waals surface area contributed by atoms with Gasteiger partial charge < -0.3 is 18.9 Å². The van der Waals surface area contributed by atoms with Crippen molar-refractivity contribution in [3.63, 3.8) is 0 Å². The Labute approximate surface area is 150 Å². The minimum Gasteiger partial charge on any atom is -0.493 e. The molecule has 1 aliphatic heterocycles. The summed E-state index contributed by atoms with van der Waals surface area (Å²) in [5.74, 6) is 1.75. The third-order valence-electron chi connectivity index (χ3n) is 4.62. The van der Waals surface area contributed by atoms with E-state index in [0.717, 1.165) is 44.2 Å². The molecule has 0 aliphatic carbocycles. The first-order valence-electron chi connectivity index (χ1n) is 8.76. The van der Waals surface area contributed by atoms with Gasteiger partial charge in [-0.3, -0.25) is 9.69 Å². The van der Waals surface area contributed by atoms with Crippen LogP contribution in [0.15, 0.2) is 12.1 Å². The van der Waals surface area contributed by atoms with Crippen LogP contribution in [0, 0.1) is 0 Å². The van der Waals surface area contributed by atoms with E-state index in [4.69, 9.17) is 18.9 Å². The number of carbonyl (C=O) groups excluding carboxylic acids is 1. The van der Waals surface area contributed by atoms with Crippen molar-refractivity contribution in [3.05, 3.63) is 17.7 Å². The fraction of sp³-hybridized carbons (Fsp3) is 0.632. The van der Waals surface area contributed by atoms with Crippen LogP contribution in [0.25, 0.3) is 0 Å². The van der Waals surface area contributed by atoms with E-state index in [1.54, 1.807) is 21.3 Å². The molecule has 6 heteroatoms. The molecule has 0 N–H and O–H groups in total. The molecule has 0 bridgehead atoms. The Kier molecular flexibility index (Phi) is 7.37. The predicted molar refractivity (Wildman–Crippen MR) is 95.6 cm³/mol. The number of likely N-dealkylation sites (N-methyl/N-ethyl adjacent to an activating group) is 1. The summed E-state index contributed by atoms with van der Waals surface area (Å²) in [7, 11) is 6.77. The second-order valence-corrected chi connectivity index (χ2v) is 6.30. The number of ether oxygens (including phenoxy) is 4. The third kappa shape index (κ3) is 5.01. The van der Waals surface area contributed by atoms with Crippen molar-refractivity contribution in [2.24, 2.45) is 0 Å². The number of methoxy groups -OCH3 is 3. The minimum absolute atomic E-state index is 0.0880. The number of hydrogen-bond acceptors (Lipinski definition) is 6. The zero-order chi connectivity index (χ0) is 18.2. The maximum Gasteiger partial charge on any atom is 0.323 e. The molecule has 1 aromatic rings. The van der Waals surface area contributed by atoms with Gasteiger partial charge in [0.15, 0.2) is 11.5 Å². The molecule has 1 unspecified atom stereocenters. The van der Waals surface area contributed by atoms with Crippen LogP contribution in [0.4, 0.5) is 0 Å². The number of benzene rings is 1. The number of esters is 1. The molecule has 1 aliphatic rings. The van der Waals surface area contributed by atoms with Crippen LogP contribution in [0.3, 0.4) is 0 Å². The molecule has 0 saturated carbocycles. The third-order valence-corrected chi connectivity index (χ3v) is 4.62. The smallest absolute Gasteiger partial charge is 0.323 e. The van der Waals surface area contributed by atoms with Crippen LogP contribution < -0.4 is 14.2 Å². The van der Waals surface area contributed by atoms with Crippen molar-refractivity contribution in [1.29, 1.82) is 0 Å². The quantitative estimate of drug-likeness (QED) is 0.530. The Balaban J connectivity index is 1.86. The highest BCUT2D eigenvalue weighted by Gasteiger charge is 2.26. The minimum atomic E-state index is -0.105. The molecule has 25 heavy (non-hydrogen) atoms. The van der Waals surface area contributed by atoms with E-state index in [1.807, 2.05) is 19.2 Å². The molecule has 6 nitrogen and oxygen atoms in total. The fourth-order valence-corrected chi connectivity index (χ4v) is 3.20. The molecule has 0 aromatic heterocycles. The molecule has 1 saturated heterocycles. The van der Waals surface area contributed by atoms with Crippen molar-refractivity contribution in [2.75, 3.05) is 41.5 Å². The largest absolute Gasteiger partial charge is 0.493 e. The summed E-state index contributed by atoms with van der Waals surface area (Å²) in [4.78, 5) is 14.3. The maximum absolute atomic E-state index is 12.2. The van der Waals surface area contributed by atoms with Crippen LogP contribution in [0.2, 0.25) is 0 Å². The number of aryl methyl sites for hydroxylation is 1. The van der Waals surface area contributed by atoms with Gasteiger partial charge in [-0.15, -0.1) is 0 Å². The van der Waals surface area contributed by atoms with Gasteiger partial charge >= 0.3 is 5.97 Å². The first kappa shape index (κ1) is 19.4. The standard InChI is InChI=1S/C19H29NO5/c1-20-10-6-5-9-15(20)19(21)25-11-7-8-14-12-16(22-2)18(24-4)17(13-14)23-3/h12-13,15H,5-11H2,1-4H3. The highest BCUT2D eigenvalue weighted by Crippen LogP contribution is 2.38. The maximum atomic E-state index is 12.2. The van der Waals surface area contributed by atoms with E-state index in [1.165, 1.54) is 0 Å². The molecule has 0 spiro atoms. The Bertz CT molecular complexity index is 550. The molecule has 2 rings (SSSR count).